The molecule has 0 unspecified atom stereocenters. The summed E-state index contributed by atoms with van der Waals surface area (Å²) in [7, 11) is 0. The number of anilines is 1. The number of benzene rings is 2. The molecule has 29 heavy (non-hydrogen) atoms. The fourth-order valence-corrected chi connectivity index (χ4v) is 2.82. The third kappa shape index (κ3) is 3.97. The number of hydrogen-bond donors (Lipinski definition) is 1. The number of pyridine rings is 1. The van der Waals surface area contributed by atoms with Crippen molar-refractivity contribution in [3.05, 3.63) is 83.1 Å². The van der Waals surface area contributed by atoms with E-state index in [1.54, 1.807) is 18.2 Å². The second kappa shape index (κ2) is 7.76. The van der Waals surface area contributed by atoms with Gasteiger partial charge in [-0.3, -0.25) is 9.78 Å². The molecule has 0 aliphatic heterocycles. The van der Waals surface area contributed by atoms with Crippen molar-refractivity contribution in [1.29, 1.82) is 0 Å². The Morgan fingerprint density at radius 2 is 1.86 bits per heavy atom. The van der Waals surface area contributed by atoms with Gasteiger partial charge in [-0.05, 0) is 48.5 Å². The molecular weight excluding hydrogens is 402 g/mol. The van der Waals surface area contributed by atoms with E-state index < -0.39 is 17.5 Å². The molecular formula is C20H11ClF2N4O2. The molecule has 0 fully saturated rings. The Kier molecular flexibility index (Phi) is 5.01. The number of aromatic nitrogens is 3. The van der Waals surface area contributed by atoms with Gasteiger partial charge in [0.25, 0.3) is 11.8 Å². The van der Waals surface area contributed by atoms with Crippen molar-refractivity contribution in [2.24, 2.45) is 0 Å². The summed E-state index contributed by atoms with van der Waals surface area (Å²) in [6.45, 7) is 0. The maximum Gasteiger partial charge on any atom is 0.274 e. The number of rotatable bonds is 4. The molecule has 9 heteroatoms. The summed E-state index contributed by atoms with van der Waals surface area (Å²) in [5.74, 6) is -1.63. The zero-order valence-electron chi connectivity index (χ0n) is 14.6. The molecule has 1 amide bonds. The second-order valence-electron chi connectivity index (χ2n) is 5.91. The number of carbonyl (C=O) groups is 1. The normalized spacial score (nSPS) is 10.7. The van der Waals surface area contributed by atoms with Crippen LogP contribution in [-0.2, 0) is 0 Å². The summed E-state index contributed by atoms with van der Waals surface area (Å²) < 4.78 is 32.9. The van der Waals surface area contributed by atoms with Crippen LogP contribution in [-0.4, -0.2) is 21.0 Å². The van der Waals surface area contributed by atoms with E-state index in [9.17, 15) is 13.6 Å². The smallest absolute Gasteiger partial charge is 0.274 e. The molecule has 0 aliphatic carbocycles. The molecule has 2 aromatic carbocycles. The summed E-state index contributed by atoms with van der Waals surface area (Å²) >= 11 is 5.98. The average Bonchev–Trinajstić information content (AvgIpc) is 3.18. The molecule has 2 heterocycles. The first-order valence-electron chi connectivity index (χ1n) is 8.33. The zero-order chi connectivity index (χ0) is 20.4. The predicted molar refractivity (Wildman–Crippen MR) is 102 cm³/mol. The van der Waals surface area contributed by atoms with Crippen molar-refractivity contribution in [2.45, 2.75) is 0 Å². The standard InChI is InChI=1S/C20H11ClF2N4O2/c21-15-9-11(22)4-6-13(15)20-26-18(27-29-20)14-7-5-12(10-16(14)23)25-19(28)17-3-1-2-8-24-17/h1-10H,(H,25,28). The summed E-state index contributed by atoms with van der Waals surface area (Å²) in [6.07, 6.45) is 1.49. The first-order valence-corrected chi connectivity index (χ1v) is 8.70. The van der Waals surface area contributed by atoms with E-state index in [0.29, 0.717) is 5.56 Å². The fourth-order valence-electron chi connectivity index (χ4n) is 2.57. The molecule has 0 radical (unpaired) electrons. The van der Waals surface area contributed by atoms with Crippen molar-refractivity contribution in [1.82, 2.24) is 15.1 Å². The Morgan fingerprint density at radius 3 is 2.59 bits per heavy atom. The lowest BCUT2D eigenvalue weighted by Crippen LogP contribution is -2.13. The van der Waals surface area contributed by atoms with Crippen LogP contribution in [0.4, 0.5) is 14.5 Å². The molecule has 6 nitrogen and oxygen atoms in total. The molecule has 2 aromatic heterocycles. The van der Waals surface area contributed by atoms with Crippen molar-refractivity contribution in [3.8, 4) is 22.8 Å². The number of halogens is 3. The van der Waals surface area contributed by atoms with E-state index in [1.807, 2.05) is 0 Å². The van der Waals surface area contributed by atoms with E-state index in [0.717, 1.165) is 12.1 Å². The molecule has 1 N–H and O–H groups in total. The van der Waals surface area contributed by atoms with Crippen LogP contribution in [0.25, 0.3) is 22.8 Å². The van der Waals surface area contributed by atoms with Gasteiger partial charge < -0.3 is 9.84 Å². The highest BCUT2D eigenvalue weighted by atomic mass is 35.5. The molecule has 0 bridgehead atoms. The van der Waals surface area contributed by atoms with Crippen molar-refractivity contribution < 1.29 is 18.1 Å². The van der Waals surface area contributed by atoms with Gasteiger partial charge in [-0.25, -0.2) is 8.78 Å². The van der Waals surface area contributed by atoms with E-state index in [4.69, 9.17) is 16.1 Å². The SMILES string of the molecule is O=C(Nc1ccc(-c2noc(-c3ccc(F)cc3Cl)n2)c(F)c1)c1ccccn1. The van der Waals surface area contributed by atoms with E-state index in [-0.39, 0.29) is 33.7 Å². The molecule has 0 atom stereocenters. The van der Waals surface area contributed by atoms with Crippen LogP contribution < -0.4 is 5.32 Å². The Balaban J connectivity index is 1.57. The lowest BCUT2D eigenvalue weighted by molar-refractivity contribution is 0.102. The number of amides is 1. The molecule has 0 aliphatic rings. The monoisotopic (exact) mass is 412 g/mol. The second-order valence-corrected chi connectivity index (χ2v) is 6.32. The quantitative estimate of drug-likeness (QED) is 0.511. The van der Waals surface area contributed by atoms with Gasteiger partial charge in [-0.15, -0.1) is 0 Å². The minimum atomic E-state index is -0.665. The van der Waals surface area contributed by atoms with E-state index in [2.05, 4.69) is 20.4 Å². The lowest BCUT2D eigenvalue weighted by Gasteiger charge is -2.06. The van der Waals surface area contributed by atoms with Crippen molar-refractivity contribution in [3.63, 3.8) is 0 Å². The molecule has 0 saturated heterocycles. The summed E-state index contributed by atoms with van der Waals surface area (Å²) in [5, 5.41) is 6.40. The zero-order valence-corrected chi connectivity index (χ0v) is 15.3. The highest BCUT2D eigenvalue weighted by Crippen LogP contribution is 2.30. The van der Waals surface area contributed by atoms with Gasteiger partial charge in [0.2, 0.25) is 5.82 Å². The lowest BCUT2D eigenvalue weighted by atomic mass is 10.1. The largest absolute Gasteiger partial charge is 0.334 e. The molecule has 144 valence electrons. The number of hydrogen-bond acceptors (Lipinski definition) is 5. The first-order chi connectivity index (χ1) is 14.0. The Hall–Kier alpha value is -3.65. The Labute approximate surface area is 168 Å². The molecule has 0 saturated carbocycles. The topological polar surface area (TPSA) is 80.9 Å². The average molecular weight is 413 g/mol. The van der Waals surface area contributed by atoms with Crippen molar-refractivity contribution in [2.75, 3.05) is 5.32 Å². The van der Waals surface area contributed by atoms with Gasteiger partial charge in [-0.1, -0.05) is 22.8 Å². The molecule has 4 aromatic rings. The number of nitrogens with one attached hydrogen (secondary N) is 1. The highest BCUT2D eigenvalue weighted by molar-refractivity contribution is 6.33. The van der Waals surface area contributed by atoms with E-state index in [1.165, 1.54) is 30.5 Å². The maximum atomic E-state index is 14.6. The molecule has 0 spiro atoms. The third-order valence-electron chi connectivity index (χ3n) is 3.95. The van der Waals surface area contributed by atoms with Crippen LogP contribution in [0.1, 0.15) is 10.5 Å². The highest BCUT2D eigenvalue weighted by Gasteiger charge is 2.17. The van der Waals surface area contributed by atoms with Gasteiger partial charge in [0.05, 0.1) is 16.1 Å². The Bertz CT molecular complexity index is 1200. The van der Waals surface area contributed by atoms with Crippen LogP contribution in [0, 0.1) is 11.6 Å². The van der Waals surface area contributed by atoms with E-state index >= 15 is 0 Å². The first kappa shape index (κ1) is 18.7. The van der Waals surface area contributed by atoms with Gasteiger partial charge in [0.1, 0.15) is 17.3 Å². The van der Waals surface area contributed by atoms with Gasteiger partial charge in [0.15, 0.2) is 0 Å². The minimum absolute atomic E-state index is 0.0134. The maximum absolute atomic E-state index is 14.6. The van der Waals surface area contributed by atoms with Gasteiger partial charge in [-0.2, -0.15) is 4.98 Å². The summed E-state index contributed by atoms with van der Waals surface area (Å²) in [6, 6.07) is 12.6. The Morgan fingerprint density at radius 1 is 1.03 bits per heavy atom. The van der Waals surface area contributed by atoms with Crippen LogP contribution in [0.3, 0.4) is 0 Å². The number of carbonyl (C=O) groups excluding carboxylic acids is 1. The number of nitrogens with zero attached hydrogens (tertiary/aromatic N) is 3. The van der Waals surface area contributed by atoms with Crippen LogP contribution in [0.5, 0.6) is 0 Å². The van der Waals surface area contributed by atoms with Crippen LogP contribution >= 0.6 is 11.6 Å². The fraction of sp³-hybridized carbons (Fsp3) is 0. The van der Waals surface area contributed by atoms with Gasteiger partial charge >= 0.3 is 0 Å². The van der Waals surface area contributed by atoms with Gasteiger partial charge in [0, 0.05) is 11.9 Å². The third-order valence-corrected chi connectivity index (χ3v) is 4.27. The predicted octanol–water partition coefficient (Wildman–Crippen LogP) is 4.98. The van der Waals surface area contributed by atoms with Crippen LogP contribution in [0.15, 0.2) is 65.3 Å². The minimum Gasteiger partial charge on any atom is -0.334 e. The summed E-state index contributed by atoms with van der Waals surface area (Å²) in [5.41, 5.74) is 0.837. The van der Waals surface area contributed by atoms with Crippen molar-refractivity contribution >= 4 is 23.2 Å². The molecule has 4 rings (SSSR count). The summed E-state index contributed by atoms with van der Waals surface area (Å²) in [4.78, 5) is 20.2. The van der Waals surface area contributed by atoms with Crippen LogP contribution in [0.2, 0.25) is 5.02 Å².